The molecule has 4 rings (SSSR count). The zero-order valence-electron chi connectivity index (χ0n) is 10.4. The minimum absolute atomic E-state index is 0.757. The predicted octanol–water partition coefficient (Wildman–Crippen LogP) is 3.34. The fraction of sp³-hybridized carbons (Fsp3) is 1.00. The lowest BCUT2D eigenvalue weighted by Gasteiger charge is -2.37. The fourth-order valence-corrected chi connectivity index (χ4v) is 4.73. The molecule has 4 aliphatic carbocycles. The van der Waals surface area contributed by atoms with Crippen molar-refractivity contribution in [1.82, 2.24) is 5.32 Å². The number of hydrogen-bond acceptors (Lipinski definition) is 1. The molecular formula is C15H25N. The molecule has 90 valence electrons. The molecule has 0 heterocycles. The van der Waals surface area contributed by atoms with Gasteiger partial charge in [-0.1, -0.05) is 12.8 Å². The topological polar surface area (TPSA) is 12.0 Å². The number of rotatable bonds is 4. The second-order valence-corrected chi connectivity index (χ2v) is 7.16. The molecule has 0 saturated heterocycles. The quantitative estimate of drug-likeness (QED) is 0.764. The highest BCUT2D eigenvalue weighted by Gasteiger charge is 2.56. The molecule has 1 nitrogen and oxygen atoms in total. The summed E-state index contributed by atoms with van der Waals surface area (Å²) in [6.45, 7) is 1.37. The first-order chi connectivity index (χ1) is 7.86. The van der Waals surface area contributed by atoms with Crippen LogP contribution in [0.25, 0.3) is 0 Å². The summed E-state index contributed by atoms with van der Waals surface area (Å²) in [5, 5.41) is 3.86. The van der Waals surface area contributed by atoms with E-state index in [1.54, 1.807) is 32.1 Å². The van der Waals surface area contributed by atoms with Crippen LogP contribution < -0.4 is 5.32 Å². The van der Waals surface area contributed by atoms with Crippen LogP contribution in [0, 0.1) is 23.2 Å². The maximum atomic E-state index is 3.86. The molecule has 4 aliphatic rings. The van der Waals surface area contributed by atoms with Crippen LogP contribution in [0.4, 0.5) is 0 Å². The van der Waals surface area contributed by atoms with E-state index in [9.17, 15) is 0 Å². The van der Waals surface area contributed by atoms with E-state index in [1.165, 1.54) is 32.2 Å². The van der Waals surface area contributed by atoms with Crippen molar-refractivity contribution >= 4 is 0 Å². The Hall–Kier alpha value is -0.0400. The smallest absolute Gasteiger partial charge is 0.00684 e. The maximum absolute atomic E-state index is 3.86. The summed E-state index contributed by atoms with van der Waals surface area (Å²) in [4.78, 5) is 0. The molecular weight excluding hydrogens is 194 g/mol. The first-order valence-corrected chi connectivity index (χ1v) is 7.59. The van der Waals surface area contributed by atoms with Crippen LogP contribution in [0.15, 0.2) is 0 Å². The summed E-state index contributed by atoms with van der Waals surface area (Å²) >= 11 is 0. The number of nitrogens with one attached hydrogen (secondary N) is 1. The van der Waals surface area contributed by atoms with Gasteiger partial charge in [-0.3, -0.25) is 0 Å². The largest absolute Gasteiger partial charge is 0.313 e. The van der Waals surface area contributed by atoms with Gasteiger partial charge in [-0.05, 0) is 68.1 Å². The van der Waals surface area contributed by atoms with Crippen molar-refractivity contribution < 1.29 is 0 Å². The van der Waals surface area contributed by atoms with Gasteiger partial charge in [0.1, 0.15) is 0 Å². The molecule has 4 saturated carbocycles. The lowest BCUT2D eigenvalue weighted by Crippen LogP contribution is -2.39. The summed E-state index contributed by atoms with van der Waals surface area (Å²) < 4.78 is 0. The van der Waals surface area contributed by atoms with Crippen molar-refractivity contribution in [2.45, 2.75) is 63.8 Å². The minimum Gasteiger partial charge on any atom is -0.313 e. The van der Waals surface area contributed by atoms with Gasteiger partial charge in [0.05, 0.1) is 0 Å². The monoisotopic (exact) mass is 219 g/mol. The molecule has 16 heavy (non-hydrogen) atoms. The maximum Gasteiger partial charge on any atom is 0.00684 e. The van der Waals surface area contributed by atoms with E-state index in [0.29, 0.717) is 0 Å². The molecule has 0 aromatic carbocycles. The molecule has 0 radical (unpaired) electrons. The van der Waals surface area contributed by atoms with E-state index >= 15 is 0 Å². The van der Waals surface area contributed by atoms with Crippen molar-refractivity contribution in [3.8, 4) is 0 Å². The summed E-state index contributed by atoms with van der Waals surface area (Å²) in [5.74, 6) is 3.40. The fourth-order valence-electron chi connectivity index (χ4n) is 4.73. The molecule has 2 unspecified atom stereocenters. The van der Waals surface area contributed by atoms with E-state index in [2.05, 4.69) is 5.32 Å². The Morgan fingerprint density at radius 1 is 0.938 bits per heavy atom. The first-order valence-electron chi connectivity index (χ1n) is 7.59. The predicted molar refractivity (Wildman–Crippen MR) is 66.2 cm³/mol. The minimum atomic E-state index is 0.757. The molecule has 1 heteroatoms. The summed E-state index contributed by atoms with van der Waals surface area (Å²) in [6, 6.07) is 0.912. The normalized spacial score (nSPS) is 47.2. The second-order valence-electron chi connectivity index (χ2n) is 7.16. The molecule has 4 fully saturated rings. The average Bonchev–Trinajstić information content (AvgIpc) is 3.15. The van der Waals surface area contributed by atoms with Crippen molar-refractivity contribution in [2.75, 3.05) is 6.54 Å². The van der Waals surface area contributed by atoms with Gasteiger partial charge in [0, 0.05) is 12.6 Å². The van der Waals surface area contributed by atoms with Gasteiger partial charge in [-0.25, -0.2) is 0 Å². The molecule has 0 aliphatic heterocycles. The van der Waals surface area contributed by atoms with E-state index < -0.39 is 0 Å². The Balaban J connectivity index is 1.47. The zero-order valence-corrected chi connectivity index (χ0v) is 10.4. The third-order valence-electron chi connectivity index (χ3n) is 5.95. The van der Waals surface area contributed by atoms with E-state index in [-0.39, 0.29) is 0 Å². The summed E-state index contributed by atoms with van der Waals surface area (Å²) in [7, 11) is 0. The lowest BCUT2D eigenvalue weighted by atomic mass is 9.70. The Morgan fingerprint density at radius 3 is 2.25 bits per heavy atom. The van der Waals surface area contributed by atoms with E-state index in [0.717, 1.165) is 29.2 Å². The summed E-state index contributed by atoms with van der Waals surface area (Å²) in [5.41, 5.74) is 0.757. The number of fused-ring (bicyclic) bond motifs is 1. The van der Waals surface area contributed by atoms with E-state index in [4.69, 9.17) is 0 Å². The van der Waals surface area contributed by atoms with Crippen molar-refractivity contribution in [3.63, 3.8) is 0 Å². The van der Waals surface area contributed by atoms with Crippen LogP contribution in [0.3, 0.4) is 0 Å². The lowest BCUT2D eigenvalue weighted by molar-refractivity contribution is 0.143. The van der Waals surface area contributed by atoms with Gasteiger partial charge < -0.3 is 5.32 Å². The van der Waals surface area contributed by atoms with Crippen LogP contribution in [-0.4, -0.2) is 12.6 Å². The molecule has 0 bridgehead atoms. The Kier molecular flexibility index (Phi) is 2.16. The van der Waals surface area contributed by atoms with Gasteiger partial charge in [0.2, 0.25) is 0 Å². The first kappa shape index (κ1) is 9.94. The van der Waals surface area contributed by atoms with Crippen LogP contribution in [0.5, 0.6) is 0 Å². The SMILES string of the molecule is C1CCC(C2(CNC3CC3)CC3CC3C2)C1. The van der Waals surface area contributed by atoms with Gasteiger partial charge in [-0.15, -0.1) is 0 Å². The van der Waals surface area contributed by atoms with Crippen molar-refractivity contribution in [3.05, 3.63) is 0 Å². The highest BCUT2D eigenvalue weighted by atomic mass is 15.0. The summed E-state index contributed by atoms with van der Waals surface area (Å²) in [6.07, 6.45) is 13.8. The standard InChI is InChI=1S/C15H25N/c1-2-4-13(3-1)15(10-16-14-5-6-14)8-11-7-12(11)9-15/h11-14,16H,1-10H2. The van der Waals surface area contributed by atoms with Gasteiger partial charge >= 0.3 is 0 Å². The molecule has 1 N–H and O–H groups in total. The highest BCUT2D eigenvalue weighted by Crippen LogP contribution is 2.64. The van der Waals surface area contributed by atoms with E-state index in [1.807, 2.05) is 0 Å². The number of hydrogen-bond donors (Lipinski definition) is 1. The van der Waals surface area contributed by atoms with Crippen LogP contribution in [0.2, 0.25) is 0 Å². The highest BCUT2D eigenvalue weighted by molar-refractivity contribution is 5.07. The average molecular weight is 219 g/mol. The third kappa shape index (κ3) is 1.63. The molecule has 0 aromatic heterocycles. The Morgan fingerprint density at radius 2 is 1.62 bits per heavy atom. The van der Waals surface area contributed by atoms with Crippen molar-refractivity contribution in [2.24, 2.45) is 23.2 Å². The zero-order chi connectivity index (χ0) is 10.6. The Bertz CT molecular complexity index is 265. The molecule has 0 spiro atoms. The third-order valence-corrected chi connectivity index (χ3v) is 5.95. The van der Waals surface area contributed by atoms with Gasteiger partial charge in [0.15, 0.2) is 0 Å². The van der Waals surface area contributed by atoms with Crippen molar-refractivity contribution in [1.29, 1.82) is 0 Å². The van der Waals surface area contributed by atoms with Crippen LogP contribution in [0.1, 0.15) is 57.8 Å². The van der Waals surface area contributed by atoms with Gasteiger partial charge in [0.25, 0.3) is 0 Å². The molecule has 0 amide bonds. The van der Waals surface area contributed by atoms with Gasteiger partial charge in [-0.2, -0.15) is 0 Å². The second kappa shape index (κ2) is 3.48. The Labute approximate surface area is 99.4 Å². The molecule has 2 atom stereocenters. The van der Waals surface area contributed by atoms with Crippen LogP contribution in [-0.2, 0) is 0 Å². The molecule has 0 aromatic rings. The van der Waals surface area contributed by atoms with Crippen LogP contribution >= 0.6 is 0 Å².